The molecule has 2 aliphatic heterocycles. The van der Waals surface area contributed by atoms with Gasteiger partial charge >= 0.3 is 0 Å². The molecular weight excluding hydrogens is 394 g/mol. The lowest BCUT2D eigenvalue weighted by molar-refractivity contribution is -0.141. The van der Waals surface area contributed by atoms with Gasteiger partial charge in [0.05, 0.1) is 13.2 Å². The number of amides is 3. The Morgan fingerprint density at radius 3 is 2.65 bits per heavy atom. The Morgan fingerprint density at radius 1 is 1.19 bits per heavy atom. The van der Waals surface area contributed by atoms with Gasteiger partial charge in [-0.1, -0.05) is 30.3 Å². The first kappa shape index (κ1) is 20.9. The van der Waals surface area contributed by atoms with Crippen LogP contribution >= 0.6 is 0 Å². The van der Waals surface area contributed by atoms with Gasteiger partial charge in [-0.2, -0.15) is 0 Å². The number of nitrogens with zero attached hydrogens (tertiary/aromatic N) is 1. The van der Waals surface area contributed by atoms with Gasteiger partial charge in [0, 0.05) is 19.2 Å². The topological polar surface area (TPSA) is 87.7 Å². The minimum Gasteiger partial charge on any atom is -0.497 e. The first-order valence-corrected chi connectivity index (χ1v) is 10.4. The lowest BCUT2D eigenvalue weighted by Crippen LogP contribution is -2.56. The number of hydrogen-bond donors (Lipinski definition) is 2. The number of ether oxygens (including phenoxy) is 1. The number of rotatable bonds is 4. The second-order valence-electron chi connectivity index (χ2n) is 8.70. The highest BCUT2D eigenvalue weighted by Gasteiger charge is 2.60. The van der Waals surface area contributed by atoms with Gasteiger partial charge in [0.2, 0.25) is 17.7 Å². The van der Waals surface area contributed by atoms with E-state index in [2.05, 4.69) is 10.6 Å². The molecule has 2 aromatic carbocycles. The Morgan fingerprint density at radius 2 is 1.94 bits per heavy atom. The van der Waals surface area contributed by atoms with E-state index in [9.17, 15) is 14.4 Å². The van der Waals surface area contributed by atoms with E-state index in [0.29, 0.717) is 18.7 Å². The van der Waals surface area contributed by atoms with Crippen LogP contribution in [0.5, 0.6) is 5.75 Å². The standard InChI is InChI=1S/C24H27N3O4/c1-15(28)26-23(2,3)22(30)27-13-12-24(18-10-5-6-11-19(18)25-21(24)29)20(27)16-8-7-9-17(14-16)31-4/h5-11,14,20H,12-13H2,1-4H3,(H,25,29)(H,26,28)/t20-,24+/m0/s1. The van der Waals surface area contributed by atoms with E-state index in [1.54, 1.807) is 25.9 Å². The van der Waals surface area contributed by atoms with E-state index < -0.39 is 17.0 Å². The number of nitrogens with one attached hydrogen (secondary N) is 2. The Labute approximate surface area is 181 Å². The third-order valence-corrected chi connectivity index (χ3v) is 6.28. The molecule has 0 bridgehead atoms. The summed E-state index contributed by atoms with van der Waals surface area (Å²) in [5.74, 6) is 0.0210. The lowest BCUT2D eigenvalue weighted by atomic mass is 9.72. The molecule has 0 saturated carbocycles. The monoisotopic (exact) mass is 421 g/mol. The smallest absolute Gasteiger partial charge is 0.248 e. The molecule has 162 valence electrons. The number of benzene rings is 2. The molecule has 0 aliphatic carbocycles. The van der Waals surface area contributed by atoms with Crippen LogP contribution in [0.4, 0.5) is 5.69 Å². The van der Waals surface area contributed by atoms with Crippen molar-refractivity contribution in [1.82, 2.24) is 10.2 Å². The van der Waals surface area contributed by atoms with Gasteiger partial charge in [0.15, 0.2) is 0 Å². The van der Waals surface area contributed by atoms with E-state index in [4.69, 9.17) is 4.74 Å². The summed E-state index contributed by atoms with van der Waals surface area (Å²) in [6.07, 6.45) is 0.486. The summed E-state index contributed by atoms with van der Waals surface area (Å²) >= 11 is 0. The van der Waals surface area contributed by atoms with Gasteiger partial charge in [0.1, 0.15) is 16.7 Å². The zero-order chi connectivity index (χ0) is 22.4. The van der Waals surface area contributed by atoms with Crippen LogP contribution in [0.2, 0.25) is 0 Å². The van der Waals surface area contributed by atoms with Gasteiger partial charge < -0.3 is 20.3 Å². The van der Waals surface area contributed by atoms with Crippen molar-refractivity contribution in [2.24, 2.45) is 0 Å². The fraction of sp³-hybridized carbons (Fsp3) is 0.375. The normalized spacial score (nSPS) is 22.3. The van der Waals surface area contributed by atoms with Crippen LogP contribution < -0.4 is 15.4 Å². The first-order chi connectivity index (χ1) is 14.7. The summed E-state index contributed by atoms with van der Waals surface area (Å²) in [7, 11) is 1.59. The lowest BCUT2D eigenvalue weighted by Gasteiger charge is -2.38. The van der Waals surface area contributed by atoms with E-state index in [1.165, 1.54) is 6.92 Å². The number of hydrogen-bond acceptors (Lipinski definition) is 4. The van der Waals surface area contributed by atoms with Gasteiger partial charge in [-0.05, 0) is 49.6 Å². The number of para-hydroxylation sites is 1. The van der Waals surface area contributed by atoms with Crippen molar-refractivity contribution in [2.75, 3.05) is 19.0 Å². The predicted molar refractivity (Wildman–Crippen MR) is 117 cm³/mol. The van der Waals surface area contributed by atoms with Crippen LogP contribution in [0, 0.1) is 0 Å². The summed E-state index contributed by atoms with van der Waals surface area (Å²) in [4.78, 5) is 40.5. The molecule has 1 fully saturated rings. The maximum atomic E-state index is 13.6. The first-order valence-electron chi connectivity index (χ1n) is 10.4. The van der Waals surface area contributed by atoms with Gasteiger partial charge in [0.25, 0.3) is 0 Å². The van der Waals surface area contributed by atoms with Crippen molar-refractivity contribution in [1.29, 1.82) is 0 Å². The predicted octanol–water partition coefficient (Wildman–Crippen LogP) is 2.77. The Balaban J connectivity index is 1.87. The van der Waals surface area contributed by atoms with Crippen LogP contribution in [0.3, 0.4) is 0 Å². The van der Waals surface area contributed by atoms with Crippen molar-refractivity contribution in [3.05, 3.63) is 59.7 Å². The van der Waals surface area contributed by atoms with Crippen LogP contribution in [-0.2, 0) is 19.8 Å². The van der Waals surface area contributed by atoms with Crippen LogP contribution in [0.1, 0.15) is 44.4 Å². The second-order valence-corrected chi connectivity index (χ2v) is 8.70. The minimum absolute atomic E-state index is 0.117. The molecule has 7 nitrogen and oxygen atoms in total. The molecular formula is C24H27N3O4. The van der Waals surface area contributed by atoms with Crippen LogP contribution in [0.15, 0.2) is 48.5 Å². The molecule has 0 aromatic heterocycles. The zero-order valence-corrected chi connectivity index (χ0v) is 18.2. The van der Waals surface area contributed by atoms with Crippen LogP contribution in [-0.4, -0.2) is 41.8 Å². The van der Waals surface area contributed by atoms with Crippen LogP contribution in [0.25, 0.3) is 0 Å². The average Bonchev–Trinajstić information content (AvgIpc) is 3.26. The van der Waals surface area contributed by atoms with Crippen molar-refractivity contribution < 1.29 is 19.1 Å². The van der Waals surface area contributed by atoms with Crippen molar-refractivity contribution in [2.45, 2.75) is 44.2 Å². The molecule has 7 heteroatoms. The molecule has 2 heterocycles. The number of fused-ring (bicyclic) bond motifs is 2. The summed E-state index contributed by atoms with van der Waals surface area (Å²) in [5.41, 5.74) is 0.459. The highest BCUT2D eigenvalue weighted by atomic mass is 16.5. The molecule has 2 aliphatic rings. The fourth-order valence-electron chi connectivity index (χ4n) is 5.03. The number of carbonyl (C=O) groups is 3. The molecule has 3 amide bonds. The van der Waals surface area contributed by atoms with Gasteiger partial charge in [-0.25, -0.2) is 0 Å². The molecule has 1 saturated heterocycles. The summed E-state index contributed by atoms with van der Waals surface area (Å²) in [6, 6.07) is 14.6. The summed E-state index contributed by atoms with van der Waals surface area (Å²) in [5, 5.41) is 5.76. The third kappa shape index (κ3) is 3.24. The number of carbonyl (C=O) groups excluding carboxylic acids is 3. The van der Waals surface area contributed by atoms with E-state index in [1.807, 2.05) is 48.5 Å². The molecule has 2 atom stereocenters. The highest BCUT2D eigenvalue weighted by molar-refractivity contribution is 6.08. The van der Waals surface area contributed by atoms with Crippen molar-refractivity contribution in [3.8, 4) is 5.75 Å². The molecule has 0 radical (unpaired) electrons. The number of likely N-dealkylation sites (tertiary alicyclic amines) is 1. The van der Waals surface area contributed by atoms with E-state index in [-0.39, 0.29) is 17.7 Å². The molecule has 1 spiro atoms. The SMILES string of the molecule is COc1cccc([C@@H]2N(C(=O)C(C)(C)NC(C)=O)CC[C@]23C(=O)Nc2ccccc23)c1. The van der Waals surface area contributed by atoms with Crippen molar-refractivity contribution in [3.63, 3.8) is 0 Å². The molecule has 2 aromatic rings. The summed E-state index contributed by atoms with van der Waals surface area (Å²) < 4.78 is 5.42. The third-order valence-electron chi connectivity index (χ3n) is 6.28. The van der Waals surface area contributed by atoms with Gasteiger partial charge in [-0.15, -0.1) is 0 Å². The highest BCUT2D eigenvalue weighted by Crippen LogP contribution is 2.55. The molecule has 4 rings (SSSR count). The fourth-order valence-corrected chi connectivity index (χ4v) is 5.03. The molecule has 31 heavy (non-hydrogen) atoms. The quantitative estimate of drug-likeness (QED) is 0.795. The zero-order valence-electron chi connectivity index (χ0n) is 18.2. The molecule has 2 N–H and O–H groups in total. The van der Waals surface area contributed by atoms with E-state index in [0.717, 1.165) is 16.8 Å². The summed E-state index contributed by atoms with van der Waals surface area (Å²) in [6.45, 7) is 5.16. The number of anilines is 1. The Hall–Kier alpha value is -3.35. The van der Waals surface area contributed by atoms with Gasteiger partial charge in [-0.3, -0.25) is 14.4 Å². The van der Waals surface area contributed by atoms with Crippen molar-refractivity contribution >= 4 is 23.4 Å². The second kappa shape index (κ2) is 7.41. The maximum absolute atomic E-state index is 13.6. The Bertz CT molecular complexity index is 1060. The number of methoxy groups -OCH3 is 1. The molecule has 0 unspecified atom stereocenters. The minimum atomic E-state index is -1.11. The van der Waals surface area contributed by atoms with E-state index >= 15 is 0 Å². The largest absolute Gasteiger partial charge is 0.497 e. The average molecular weight is 421 g/mol. The maximum Gasteiger partial charge on any atom is 0.248 e. The Kier molecular flexibility index (Phi) is 5.00.